The van der Waals surface area contributed by atoms with E-state index in [-0.39, 0.29) is 11.4 Å². The first-order chi connectivity index (χ1) is 15.4. The predicted octanol–water partition coefficient (Wildman–Crippen LogP) is 5.08. The van der Waals surface area contributed by atoms with Gasteiger partial charge in [0, 0.05) is 41.1 Å². The van der Waals surface area contributed by atoms with E-state index in [9.17, 15) is 9.18 Å². The number of fused-ring (bicyclic) bond motifs is 1. The molecule has 32 heavy (non-hydrogen) atoms. The van der Waals surface area contributed by atoms with E-state index >= 15 is 0 Å². The van der Waals surface area contributed by atoms with Crippen LogP contribution in [-0.2, 0) is 13.1 Å². The van der Waals surface area contributed by atoms with Crippen LogP contribution in [-0.4, -0.2) is 20.0 Å². The van der Waals surface area contributed by atoms with Crippen molar-refractivity contribution in [3.63, 3.8) is 0 Å². The number of aromatic amines is 1. The van der Waals surface area contributed by atoms with Gasteiger partial charge in [-0.1, -0.05) is 12.1 Å². The van der Waals surface area contributed by atoms with Crippen molar-refractivity contribution < 1.29 is 4.39 Å². The Kier molecular flexibility index (Phi) is 6.28. The summed E-state index contributed by atoms with van der Waals surface area (Å²) < 4.78 is 13.3. The van der Waals surface area contributed by atoms with Gasteiger partial charge in [0.25, 0.3) is 5.56 Å². The van der Waals surface area contributed by atoms with Crippen molar-refractivity contribution in [3.05, 3.63) is 105 Å². The maximum atomic E-state index is 13.3. The van der Waals surface area contributed by atoms with E-state index in [0.29, 0.717) is 29.5 Å². The first kappa shape index (κ1) is 21.6. The molecule has 0 unspecified atom stereocenters. The minimum atomic E-state index is -0.318. The fourth-order valence-electron chi connectivity index (χ4n) is 3.69. The third-order valence-electron chi connectivity index (χ3n) is 5.23. The number of aromatic nitrogens is 2. The molecule has 5 nitrogen and oxygen atoms in total. The lowest BCUT2D eigenvalue weighted by molar-refractivity contribution is 0.410. The molecule has 0 radical (unpaired) electrons. The number of H-pyrrole nitrogens is 1. The first-order valence-electron chi connectivity index (χ1n) is 10.2. The molecule has 0 spiro atoms. The second kappa shape index (κ2) is 9.28. The lowest BCUT2D eigenvalue weighted by Crippen LogP contribution is -2.35. The zero-order chi connectivity index (χ0) is 22.7. The third kappa shape index (κ3) is 5.00. The molecule has 2 aromatic carbocycles. The Morgan fingerprint density at radius 3 is 2.62 bits per heavy atom. The van der Waals surface area contributed by atoms with Gasteiger partial charge in [-0.05, 0) is 85.2 Å². The van der Waals surface area contributed by atoms with E-state index < -0.39 is 0 Å². The summed E-state index contributed by atoms with van der Waals surface area (Å²) in [4.78, 5) is 21.9. The predicted molar refractivity (Wildman–Crippen MR) is 130 cm³/mol. The van der Waals surface area contributed by atoms with Crippen LogP contribution in [0.15, 0.2) is 71.8 Å². The van der Waals surface area contributed by atoms with Gasteiger partial charge in [0.15, 0.2) is 5.11 Å². The van der Waals surface area contributed by atoms with Crippen LogP contribution in [0, 0.1) is 19.7 Å². The number of thiocarbonyl (C=S) groups is 1. The van der Waals surface area contributed by atoms with Crippen molar-refractivity contribution in [2.45, 2.75) is 26.9 Å². The van der Waals surface area contributed by atoms with Crippen molar-refractivity contribution in [2.24, 2.45) is 0 Å². The van der Waals surface area contributed by atoms with Crippen LogP contribution in [0.3, 0.4) is 0 Å². The zero-order valence-corrected chi connectivity index (χ0v) is 18.7. The van der Waals surface area contributed by atoms with Gasteiger partial charge in [-0.2, -0.15) is 0 Å². The minimum Gasteiger partial charge on any atom is -0.340 e. The smallest absolute Gasteiger partial charge is 0.253 e. The Bertz CT molecular complexity index is 1320. The molecule has 2 aromatic heterocycles. The fourth-order valence-corrected chi connectivity index (χ4v) is 3.93. The van der Waals surface area contributed by atoms with Crippen molar-refractivity contribution in [1.82, 2.24) is 14.9 Å². The summed E-state index contributed by atoms with van der Waals surface area (Å²) >= 11 is 5.66. The van der Waals surface area contributed by atoms with E-state index in [2.05, 4.69) is 21.4 Å². The van der Waals surface area contributed by atoms with Crippen LogP contribution in [0.2, 0.25) is 0 Å². The van der Waals surface area contributed by atoms with Crippen LogP contribution in [0.4, 0.5) is 10.1 Å². The molecule has 162 valence electrons. The van der Waals surface area contributed by atoms with Crippen LogP contribution >= 0.6 is 12.2 Å². The molecule has 4 aromatic rings. The first-order valence-corrected chi connectivity index (χ1v) is 10.6. The highest BCUT2D eigenvalue weighted by Crippen LogP contribution is 2.20. The summed E-state index contributed by atoms with van der Waals surface area (Å²) in [6, 6.07) is 15.8. The standard InChI is InChI=1S/C25H23FN4OS/c1-16-10-17(2)22-12-19(24(31)29-23(22)11-16)15-30(14-18-4-3-9-27-13-18)25(32)28-21-7-5-20(26)6-8-21/h3-13H,14-15H2,1-2H3,(H,28,32)(H,29,31). The number of nitrogens with zero attached hydrogens (tertiary/aromatic N) is 2. The number of aryl methyl sites for hydroxylation is 2. The van der Waals surface area contributed by atoms with Crippen LogP contribution < -0.4 is 10.9 Å². The van der Waals surface area contributed by atoms with Gasteiger partial charge in [0.05, 0.1) is 6.54 Å². The second-order valence-electron chi connectivity index (χ2n) is 7.82. The number of anilines is 1. The molecule has 0 saturated carbocycles. The van der Waals surface area contributed by atoms with Crippen molar-refractivity contribution in [1.29, 1.82) is 0 Å². The molecule has 2 heterocycles. The van der Waals surface area contributed by atoms with Gasteiger partial charge in [0.2, 0.25) is 0 Å². The number of benzene rings is 2. The highest BCUT2D eigenvalue weighted by Gasteiger charge is 2.15. The SMILES string of the molecule is Cc1cc(C)c2cc(CN(Cc3cccnc3)C(=S)Nc3ccc(F)cc3)c(=O)[nH]c2c1. The molecule has 0 aliphatic carbocycles. The Balaban J connectivity index is 1.66. The highest BCUT2D eigenvalue weighted by molar-refractivity contribution is 7.80. The van der Waals surface area contributed by atoms with Gasteiger partial charge in [-0.3, -0.25) is 9.78 Å². The molecule has 4 rings (SSSR count). The number of hydrogen-bond acceptors (Lipinski definition) is 3. The molecule has 0 atom stereocenters. The van der Waals surface area contributed by atoms with Gasteiger partial charge in [-0.15, -0.1) is 0 Å². The topological polar surface area (TPSA) is 61.0 Å². The van der Waals surface area contributed by atoms with Gasteiger partial charge >= 0.3 is 0 Å². The molecule has 0 aliphatic heterocycles. The molecule has 0 aliphatic rings. The van der Waals surface area contributed by atoms with E-state index in [1.165, 1.54) is 12.1 Å². The summed E-state index contributed by atoms with van der Waals surface area (Å²) in [6.07, 6.45) is 3.48. The zero-order valence-electron chi connectivity index (χ0n) is 17.9. The lowest BCUT2D eigenvalue weighted by Gasteiger charge is -2.26. The molecule has 0 bridgehead atoms. The molecular weight excluding hydrogens is 423 g/mol. The van der Waals surface area contributed by atoms with Gasteiger partial charge in [0.1, 0.15) is 5.82 Å². The largest absolute Gasteiger partial charge is 0.340 e. The van der Waals surface area contributed by atoms with Crippen molar-refractivity contribution in [2.75, 3.05) is 5.32 Å². The van der Waals surface area contributed by atoms with Crippen LogP contribution in [0.25, 0.3) is 10.9 Å². The number of pyridine rings is 2. The van der Waals surface area contributed by atoms with Gasteiger partial charge in [-0.25, -0.2) is 4.39 Å². The maximum absolute atomic E-state index is 13.3. The Labute approximate surface area is 190 Å². The molecule has 7 heteroatoms. The Hall–Kier alpha value is -3.58. The van der Waals surface area contributed by atoms with Crippen LogP contribution in [0.5, 0.6) is 0 Å². The number of halogens is 1. The van der Waals surface area contributed by atoms with Crippen molar-refractivity contribution in [3.8, 4) is 0 Å². The number of rotatable bonds is 5. The fraction of sp³-hybridized carbons (Fsp3) is 0.160. The van der Waals surface area contributed by atoms with Crippen LogP contribution in [0.1, 0.15) is 22.3 Å². The second-order valence-corrected chi connectivity index (χ2v) is 8.21. The van der Waals surface area contributed by atoms with E-state index in [4.69, 9.17) is 12.2 Å². The summed E-state index contributed by atoms with van der Waals surface area (Å²) in [6.45, 7) is 4.81. The lowest BCUT2D eigenvalue weighted by atomic mass is 10.0. The summed E-state index contributed by atoms with van der Waals surface area (Å²) in [5, 5.41) is 4.58. The quantitative estimate of drug-likeness (QED) is 0.419. The average Bonchev–Trinajstić information content (AvgIpc) is 2.76. The number of hydrogen-bond donors (Lipinski definition) is 2. The summed E-state index contributed by atoms with van der Waals surface area (Å²) in [5.74, 6) is -0.318. The highest BCUT2D eigenvalue weighted by atomic mass is 32.1. The van der Waals surface area contributed by atoms with Crippen molar-refractivity contribution >= 4 is 33.9 Å². The molecule has 2 N–H and O–H groups in total. The molecule has 0 amide bonds. The summed E-state index contributed by atoms with van der Waals surface area (Å²) in [5.41, 5.74) is 5.11. The molecular formula is C25H23FN4OS. The molecule has 0 saturated heterocycles. The Morgan fingerprint density at radius 2 is 1.91 bits per heavy atom. The van der Waals surface area contributed by atoms with Gasteiger partial charge < -0.3 is 15.2 Å². The maximum Gasteiger partial charge on any atom is 0.253 e. The average molecular weight is 447 g/mol. The van der Waals surface area contributed by atoms with E-state index in [1.54, 1.807) is 24.5 Å². The minimum absolute atomic E-state index is 0.150. The summed E-state index contributed by atoms with van der Waals surface area (Å²) in [7, 11) is 0. The van der Waals surface area contributed by atoms with E-state index in [0.717, 1.165) is 27.6 Å². The van der Waals surface area contributed by atoms with E-state index in [1.807, 2.05) is 43.0 Å². The normalized spacial score (nSPS) is 10.8. The number of nitrogens with one attached hydrogen (secondary N) is 2. The Morgan fingerprint density at radius 1 is 1.12 bits per heavy atom. The monoisotopic (exact) mass is 446 g/mol. The third-order valence-corrected chi connectivity index (χ3v) is 5.59. The molecule has 0 fully saturated rings.